The number of carbonyl (C=O) groups excluding carboxylic acids is 1. The first-order chi connectivity index (χ1) is 15.6. The number of hydrogen-bond acceptors (Lipinski definition) is 5. The van der Waals surface area contributed by atoms with E-state index in [1.807, 2.05) is 24.3 Å². The number of rotatable bonds is 8. The lowest BCUT2D eigenvalue weighted by molar-refractivity contribution is -0.116. The zero-order valence-electron chi connectivity index (χ0n) is 19.7. The fraction of sp³-hybridized carbons (Fsp3) is 0.458. The second-order valence-electron chi connectivity index (χ2n) is 8.76. The van der Waals surface area contributed by atoms with Gasteiger partial charge >= 0.3 is 0 Å². The highest BCUT2D eigenvalue weighted by molar-refractivity contribution is 7.89. The summed E-state index contributed by atoms with van der Waals surface area (Å²) in [7, 11) is 1.91. The van der Waals surface area contributed by atoms with Crippen LogP contribution >= 0.6 is 11.6 Å². The first-order valence-corrected chi connectivity index (χ1v) is 12.9. The lowest BCUT2D eigenvalue weighted by Crippen LogP contribution is -2.45. The van der Waals surface area contributed by atoms with Gasteiger partial charge in [0.1, 0.15) is 4.90 Å². The first kappa shape index (κ1) is 25.5. The van der Waals surface area contributed by atoms with Crippen molar-refractivity contribution in [3.63, 3.8) is 0 Å². The molecular weight excluding hydrogens is 460 g/mol. The molecule has 0 radical (unpaired) electrons. The maximum Gasteiger partial charge on any atom is 0.244 e. The van der Waals surface area contributed by atoms with Crippen LogP contribution in [0.4, 0.5) is 11.4 Å². The molecule has 1 aliphatic rings. The van der Waals surface area contributed by atoms with Gasteiger partial charge in [-0.15, -0.1) is 0 Å². The third-order valence-electron chi connectivity index (χ3n) is 6.14. The van der Waals surface area contributed by atoms with E-state index in [0.717, 1.165) is 29.5 Å². The van der Waals surface area contributed by atoms with Crippen molar-refractivity contribution in [2.24, 2.45) is 0 Å². The molecule has 1 aliphatic heterocycles. The predicted molar refractivity (Wildman–Crippen MR) is 135 cm³/mol. The summed E-state index contributed by atoms with van der Waals surface area (Å²) in [6, 6.07) is 13.2. The van der Waals surface area contributed by atoms with E-state index in [1.54, 1.807) is 19.1 Å². The standard InChI is InChI=1S/C24H33ClN4O3S/c1-18-7-5-9-22(24(18)25)33(31,32)28(4)16-14-23(30)26-19-10-12-20(13-11-19)29-15-6-8-21(17-29)27(2)3/h5,7,9-13,21H,6,8,14-17H2,1-4H3,(H,26,30). The van der Waals surface area contributed by atoms with E-state index in [9.17, 15) is 13.2 Å². The monoisotopic (exact) mass is 492 g/mol. The van der Waals surface area contributed by atoms with Gasteiger partial charge < -0.3 is 15.1 Å². The van der Waals surface area contributed by atoms with Crippen LogP contribution in [0.5, 0.6) is 0 Å². The van der Waals surface area contributed by atoms with E-state index in [0.29, 0.717) is 17.3 Å². The number of carbonyl (C=O) groups is 1. The van der Waals surface area contributed by atoms with Gasteiger partial charge in [0.15, 0.2) is 0 Å². The van der Waals surface area contributed by atoms with Crippen LogP contribution in [0.15, 0.2) is 47.4 Å². The van der Waals surface area contributed by atoms with Crippen molar-refractivity contribution >= 4 is 38.9 Å². The zero-order chi connectivity index (χ0) is 24.2. The Balaban J connectivity index is 1.55. The van der Waals surface area contributed by atoms with Crippen molar-refractivity contribution in [3.05, 3.63) is 53.1 Å². The van der Waals surface area contributed by atoms with Gasteiger partial charge in [0.25, 0.3) is 0 Å². The minimum absolute atomic E-state index is 0.0392. The van der Waals surface area contributed by atoms with Gasteiger partial charge in [-0.05, 0) is 69.8 Å². The molecule has 0 aromatic heterocycles. The second kappa shape index (κ2) is 10.9. The number of aryl methyl sites for hydroxylation is 1. The third-order valence-corrected chi connectivity index (χ3v) is 8.65. The zero-order valence-corrected chi connectivity index (χ0v) is 21.3. The number of anilines is 2. The van der Waals surface area contributed by atoms with E-state index in [4.69, 9.17) is 11.6 Å². The van der Waals surface area contributed by atoms with Crippen molar-refractivity contribution in [2.45, 2.75) is 37.1 Å². The number of likely N-dealkylation sites (N-methyl/N-ethyl adjacent to an activating group) is 1. The maximum absolute atomic E-state index is 12.8. The van der Waals surface area contributed by atoms with Crippen LogP contribution in [-0.4, -0.2) is 70.3 Å². The molecule has 1 fully saturated rings. The lowest BCUT2D eigenvalue weighted by Gasteiger charge is -2.37. The Morgan fingerprint density at radius 1 is 1.15 bits per heavy atom. The summed E-state index contributed by atoms with van der Waals surface area (Å²) >= 11 is 6.19. The Morgan fingerprint density at radius 3 is 2.52 bits per heavy atom. The summed E-state index contributed by atoms with van der Waals surface area (Å²) < 4.78 is 26.8. The predicted octanol–water partition coefficient (Wildman–Crippen LogP) is 3.83. The summed E-state index contributed by atoms with van der Waals surface area (Å²) in [5.41, 5.74) is 2.52. The van der Waals surface area contributed by atoms with Crippen LogP contribution in [0, 0.1) is 6.92 Å². The fourth-order valence-electron chi connectivity index (χ4n) is 3.96. The summed E-state index contributed by atoms with van der Waals surface area (Å²) in [6.45, 7) is 3.83. The molecule has 1 saturated heterocycles. The van der Waals surface area contributed by atoms with Crippen LogP contribution in [0.3, 0.4) is 0 Å². The van der Waals surface area contributed by atoms with E-state index >= 15 is 0 Å². The van der Waals surface area contributed by atoms with Gasteiger partial charge in [-0.1, -0.05) is 23.7 Å². The van der Waals surface area contributed by atoms with Crippen LogP contribution in [-0.2, 0) is 14.8 Å². The van der Waals surface area contributed by atoms with Gasteiger partial charge in [0, 0.05) is 50.5 Å². The van der Waals surface area contributed by atoms with Crippen molar-refractivity contribution in [2.75, 3.05) is 51.0 Å². The summed E-state index contributed by atoms with van der Waals surface area (Å²) in [6.07, 6.45) is 2.40. The molecule has 1 heterocycles. The number of benzene rings is 2. The average Bonchev–Trinajstić information content (AvgIpc) is 2.79. The van der Waals surface area contributed by atoms with Crippen molar-refractivity contribution in [1.29, 1.82) is 0 Å². The minimum atomic E-state index is -3.78. The van der Waals surface area contributed by atoms with Crippen LogP contribution in [0.2, 0.25) is 5.02 Å². The minimum Gasteiger partial charge on any atom is -0.370 e. The van der Waals surface area contributed by atoms with E-state index < -0.39 is 10.0 Å². The normalized spacial score (nSPS) is 16.9. The number of nitrogens with one attached hydrogen (secondary N) is 1. The molecule has 180 valence electrons. The summed E-state index contributed by atoms with van der Waals surface area (Å²) in [5, 5.41) is 3.06. The van der Waals surface area contributed by atoms with Gasteiger partial charge in [-0.25, -0.2) is 12.7 Å². The molecule has 9 heteroatoms. The Kier molecular flexibility index (Phi) is 8.39. The number of amides is 1. The third kappa shape index (κ3) is 6.26. The van der Waals surface area contributed by atoms with E-state index in [-0.39, 0.29) is 28.8 Å². The van der Waals surface area contributed by atoms with Crippen molar-refractivity contribution in [3.8, 4) is 0 Å². The molecular formula is C24H33ClN4O3S. The quantitative estimate of drug-likeness (QED) is 0.606. The van der Waals surface area contributed by atoms with Crippen LogP contribution in [0.1, 0.15) is 24.8 Å². The number of piperidine rings is 1. The largest absolute Gasteiger partial charge is 0.370 e. The molecule has 2 aromatic rings. The highest BCUT2D eigenvalue weighted by atomic mass is 35.5. The SMILES string of the molecule is Cc1cccc(S(=O)(=O)N(C)CCC(=O)Nc2ccc(N3CCCC(N(C)C)C3)cc2)c1Cl. The average molecular weight is 493 g/mol. The van der Waals surface area contributed by atoms with Crippen LogP contribution < -0.4 is 10.2 Å². The summed E-state index contributed by atoms with van der Waals surface area (Å²) in [5.74, 6) is -0.245. The van der Waals surface area contributed by atoms with Gasteiger partial charge in [-0.3, -0.25) is 4.79 Å². The Hall–Kier alpha value is -2.13. The highest BCUT2D eigenvalue weighted by Gasteiger charge is 2.25. The number of sulfonamides is 1. The molecule has 3 rings (SSSR count). The molecule has 1 N–H and O–H groups in total. The highest BCUT2D eigenvalue weighted by Crippen LogP contribution is 2.27. The van der Waals surface area contributed by atoms with Crippen molar-refractivity contribution < 1.29 is 13.2 Å². The molecule has 0 saturated carbocycles. The second-order valence-corrected chi connectivity index (χ2v) is 11.2. The first-order valence-electron chi connectivity index (χ1n) is 11.1. The fourth-order valence-corrected chi connectivity index (χ4v) is 5.68. The van der Waals surface area contributed by atoms with E-state index in [2.05, 4.69) is 29.2 Å². The molecule has 2 aromatic carbocycles. The van der Waals surface area contributed by atoms with Gasteiger partial charge in [0.05, 0.1) is 5.02 Å². The summed E-state index contributed by atoms with van der Waals surface area (Å²) in [4.78, 5) is 17.1. The smallest absolute Gasteiger partial charge is 0.244 e. The maximum atomic E-state index is 12.8. The molecule has 1 amide bonds. The molecule has 7 nitrogen and oxygen atoms in total. The molecule has 33 heavy (non-hydrogen) atoms. The van der Waals surface area contributed by atoms with Gasteiger partial charge in [-0.2, -0.15) is 0 Å². The topological polar surface area (TPSA) is 73.0 Å². The lowest BCUT2D eigenvalue weighted by atomic mass is 10.0. The van der Waals surface area contributed by atoms with E-state index in [1.165, 1.54) is 19.5 Å². The number of halogens is 1. The molecule has 0 aliphatic carbocycles. The van der Waals surface area contributed by atoms with Gasteiger partial charge in [0.2, 0.25) is 15.9 Å². The molecule has 1 unspecified atom stereocenters. The Bertz CT molecular complexity index is 1070. The van der Waals surface area contributed by atoms with Crippen molar-refractivity contribution in [1.82, 2.24) is 9.21 Å². The molecule has 1 atom stereocenters. The number of hydrogen-bond donors (Lipinski definition) is 1. The Labute approximate surface area is 202 Å². The molecule has 0 bridgehead atoms. The Morgan fingerprint density at radius 2 is 1.85 bits per heavy atom. The van der Waals surface area contributed by atoms with Crippen LogP contribution in [0.25, 0.3) is 0 Å². The molecule has 0 spiro atoms. The number of nitrogens with zero attached hydrogens (tertiary/aromatic N) is 3.